The van der Waals surface area contributed by atoms with E-state index in [-0.39, 0.29) is 0 Å². The first kappa shape index (κ1) is 28.9. The van der Waals surface area contributed by atoms with Crippen molar-refractivity contribution in [2.24, 2.45) is 0 Å². The van der Waals surface area contributed by atoms with Gasteiger partial charge in [-0.2, -0.15) is 13.2 Å². The summed E-state index contributed by atoms with van der Waals surface area (Å²) >= 11 is 3.33. The number of nitrogens with one attached hydrogen (secondary N) is 1. The first-order valence-corrected chi connectivity index (χ1v) is 13.7. The van der Waals surface area contributed by atoms with E-state index < -0.39 is 13.9 Å². The molecule has 6 heteroatoms. The third kappa shape index (κ3) is 9.73. The van der Waals surface area contributed by atoms with E-state index in [1.165, 1.54) is 60.6 Å². The Balaban J connectivity index is 0.000000820. The summed E-state index contributed by atoms with van der Waals surface area (Å²) in [6.07, 6.45) is 9.34. The van der Waals surface area contributed by atoms with Crippen molar-refractivity contribution in [3.63, 3.8) is 0 Å². The minimum atomic E-state index is -3.67. The number of hydrogen-bond acceptors (Lipinski definition) is 2. The predicted molar refractivity (Wildman–Crippen MR) is 141 cm³/mol. The second kappa shape index (κ2) is 17.4. The van der Waals surface area contributed by atoms with Crippen LogP contribution >= 0.6 is 7.26 Å². The van der Waals surface area contributed by atoms with Crippen molar-refractivity contribution in [1.82, 2.24) is 0 Å². The molecule has 0 fully saturated rings. The molecule has 1 N–H and O–H groups in total. The van der Waals surface area contributed by atoms with E-state index in [0.717, 1.165) is 0 Å². The van der Waals surface area contributed by atoms with Crippen LogP contribution in [0.25, 0.3) is 0 Å². The Labute approximate surface area is 202 Å². The fourth-order valence-corrected chi connectivity index (χ4v) is 8.42. The Bertz CT molecular complexity index is 752. The van der Waals surface area contributed by atoms with E-state index >= 15 is 0 Å². The minimum Gasteiger partial charge on any atom is -0.235 e. The van der Waals surface area contributed by atoms with Gasteiger partial charge < -0.3 is 0 Å². The average molecular weight is 493 g/mol. The number of rotatable bonds is 10. The maximum atomic E-state index is 9.67. The van der Waals surface area contributed by atoms with Crippen LogP contribution in [0, 0.1) is 4.78 Å². The molecule has 178 valence electrons. The van der Waals surface area contributed by atoms with Crippen LogP contribution in [0.1, 0.15) is 45.4 Å². The van der Waals surface area contributed by atoms with Crippen molar-refractivity contribution in [2.45, 2.75) is 52.1 Å². The van der Waals surface area contributed by atoms with Gasteiger partial charge in [0, 0.05) is 12.4 Å². The van der Waals surface area contributed by atoms with Gasteiger partial charge in [0.15, 0.2) is 0 Å². The Morgan fingerprint density at radius 2 is 0.909 bits per heavy atom. The summed E-state index contributed by atoms with van der Waals surface area (Å²) in [7, 11) is -1.61. The third-order valence-corrected chi connectivity index (χ3v) is 9.96. The van der Waals surface area contributed by atoms with Crippen LogP contribution in [0.5, 0.6) is 0 Å². The van der Waals surface area contributed by atoms with Gasteiger partial charge in [-0.3, -0.25) is 0 Å². The van der Waals surface area contributed by atoms with Gasteiger partial charge in [0.25, 0.3) is 0 Å². The number of alkyl halides is 3. The minimum absolute atomic E-state index is 1.26. The van der Waals surface area contributed by atoms with Crippen molar-refractivity contribution >= 4 is 35.6 Å². The lowest BCUT2D eigenvalue weighted by molar-refractivity contribution is 0.00819. The van der Waals surface area contributed by atoms with E-state index in [4.69, 9.17) is 4.78 Å². The van der Waals surface area contributed by atoms with Gasteiger partial charge >= 0.3 is 6.68 Å². The topological polar surface area (TPSA) is 23.9 Å². The summed E-state index contributed by atoms with van der Waals surface area (Å²) in [5.41, 5.74) is 0. The highest BCUT2D eigenvalue weighted by Crippen LogP contribution is 2.55. The van der Waals surface area contributed by atoms with Gasteiger partial charge in [-0.1, -0.05) is 87.2 Å². The molecule has 0 radical (unpaired) electrons. The molecular weight excluding hydrogens is 458 g/mol. The van der Waals surface area contributed by atoms with Crippen molar-refractivity contribution in [1.29, 1.82) is 4.78 Å². The second-order valence-electron chi connectivity index (χ2n) is 7.56. The number of hydrogen-bond donors (Lipinski definition) is 1. The van der Waals surface area contributed by atoms with E-state index in [0.29, 0.717) is 0 Å². The first-order valence-electron chi connectivity index (χ1n) is 11.3. The molecule has 0 aliphatic heterocycles. The van der Waals surface area contributed by atoms with Gasteiger partial charge in [0.05, 0.1) is 6.16 Å². The molecule has 33 heavy (non-hydrogen) atoms. The van der Waals surface area contributed by atoms with E-state index in [1.54, 1.807) is 0 Å². The zero-order valence-corrected chi connectivity index (χ0v) is 20.9. The summed E-state index contributed by atoms with van der Waals surface area (Å²) in [6.45, 7) is -1.38. The highest BCUT2D eigenvalue weighted by Gasteiger charge is 2.44. The lowest BCUT2D eigenvalue weighted by atomic mass is 10.1. The second-order valence-corrected chi connectivity index (χ2v) is 11.2. The Morgan fingerprint density at radius 3 is 1.24 bits per heavy atom. The fourth-order valence-electron chi connectivity index (χ4n) is 4.01. The van der Waals surface area contributed by atoms with Crippen molar-refractivity contribution in [3.8, 4) is 0 Å². The SMILES string of the molecule is CCCCCCCC[P+](c1ccccc1)(c1ccccc1)c1ccccc1.FC(F)F.N=S. The molecule has 3 aromatic rings. The zero-order chi connectivity index (χ0) is 24.4. The van der Waals surface area contributed by atoms with Crippen molar-refractivity contribution < 1.29 is 13.2 Å². The molecular formula is C27H34F3NPS+. The Morgan fingerprint density at radius 1 is 0.606 bits per heavy atom. The third-order valence-electron chi connectivity index (χ3n) is 5.44. The lowest BCUT2D eigenvalue weighted by Gasteiger charge is -2.27. The molecule has 0 atom stereocenters. The number of halogens is 3. The largest absolute Gasteiger partial charge is 0.379 e. The number of unbranched alkanes of at least 4 members (excludes halogenated alkanes) is 5. The summed E-state index contributed by atoms with van der Waals surface area (Å²) in [5, 5.41) is 4.53. The first-order chi connectivity index (χ1) is 16.1. The maximum Gasteiger partial charge on any atom is 0.379 e. The van der Waals surface area contributed by atoms with Crippen LogP contribution in [0.15, 0.2) is 91.0 Å². The predicted octanol–water partition coefficient (Wildman–Crippen LogP) is 7.82. The van der Waals surface area contributed by atoms with Crippen molar-refractivity contribution in [3.05, 3.63) is 91.0 Å². The number of benzene rings is 3. The standard InChI is InChI=1S/C26H32P.CHF3.HNS/c1-2-3-4-5-6-16-23-27(24-17-10-7-11-18-24,25-19-12-8-13-20-25)26-21-14-9-15-22-26;2-1(3)4;1-2/h7-15,17-22H,2-6,16,23H2,1H3;1H;1H/q+1;;. The van der Waals surface area contributed by atoms with Gasteiger partial charge in [-0.15, -0.1) is 0 Å². The van der Waals surface area contributed by atoms with Gasteiger partial charge in [0.2, 0.25) is 0 Å². The maximum absolute atomic E-state index is 9.67. The molecule has 0 aromatic heterocycles. The quantitative estimate of drug-likeness (QED) is 0.226. The van der Waals surface area contributed by atoms with Crippen molar-refractivity contribution in [2.75, 3.05) is 6.16 Å². The van der Waals surface area contributed by atoms with Crippen LogP contribution in [0.4, 0.5) is 13.2 Å². The van der Waals surface area contributed by atoms with E-state index in [2.05, 4.69) is 110 Å². The Hall–Kier alpha value is -2.10. The van der Waals surface area contributed by atoms with E-state index in [1.807, 2.05) is 0 Å². The molecule has 0 unspecified atom stereocenters. The summed E-state index contributed by atoms with van der Waals surface area (Å²) in [6, 6.07) is 33.8. The van der Waals surface area contributed by atoms with Gasteiger partial charge in [0.1, 0.15) is 23.2 Å². The Kier molecular flexibility index (Phi) is 15.2. The van der Waals surface area contributed by atoms with Crippen LogP contribution < -0.4 is 15.9 Å². The van der Waals surface area contributed by atoms with Crippen LogP contribution in [-0.2, 0) is 12.4 Å². The molecule has 0 saturated heterocycles. The molecule has 0 saturated carbocycles. The summed E-state index contributed by atoms with van der Waals surface area (Å²) in [4.78, 5) is 0. The summed E-state index contributed by atoms with van der Waals surface area (Å²) in [5.74, 6) is 0. The lowest BCUT2D eigenvalue weighted by Crippen LogP contribution is -2.33. The molecule has 3 rings (SSSR count). The molecule has 3 aromatic carbocycles. The zero-order valence-electron chi connectivity index (χ0n) is 19.2. The molecule has 0 heterocycles. The monoisotopic (exact) mass is 492 g/mol. The molecule has 0 amide bonds. The highest BCUT2D eigenvalue weighted by molar-refractivity contribution is 7.95. The van der Waals surface area contributed by atoms with Gasteiger partial charge in [-0.05, 0) is 49.2 Å². The highest BCUT2D eigenvalue weighted by atomic mass is 32.1. The molecule has 1 nitrogen and oxygen atoms in total. The molecule has 0 spiro atoms. The smallest absolute Gasteiger partial charge is 0.235 e. The normalized spacial score (nSPS) is 10.6. The molecule has 0 aliphatic rings. The average Bonchev–Trinajstić information content (AvgIpc) is 2.86. The van der Waals surface area contributed by atoms with Gasteiger partial charge in [-0.25, -0.2) is 4.78 Å². The molecule has 0 aliphatic carbocycles. The summed E-state index contributed by atoms with van der Waals surface area (Å²) < 4.78 is 34.3. The van der Waals surface area contributed by atoms with Crippen LogP contribution in [-0.4, -0.2) is 12.8 Å². The van der Waals surface area contributed by atoms with E-state index in [9.17, 15) is 13.2 Å². The van der Waals surface area contributed by atoms with Crippen LogP contribution in [0.2, 0.25) is 0 Å². The fraction of sp³-hybridized carbons (Fsp3) is 0.333. The van der Waals surface area contributed by atoms with Crippen LogP contribution in [0.3, 0.4) is 0 Å². The molecule has 0 bridgehead atoms.